The summed E-state index contributed by atoms with van der Waals surface area (Å²) in [6, 6.07) is 19.3. The molecule has 5 rings (SSSR count). The van der Waals surface area contributed by atoms with Gasteiger partial charge < -0.3 is 9.26 Å². The standard InChI is InChI=1S/C26H17FN4O5S/c1-35-24-13-20(17-4-2-16(15-28)3-5-17)21(27)14-23(24)31-22-8-7-19(12-18(22)6-9-26(31)32)37(33,34)30-25-10-11-36-29-25/h2-14H,1H3,(H,29,30). The van der Waals surface area contributed by atoms with Crippen molar-refractivity contribution in [3.63, 3.8) is 0 Å². The zero-order valence-electron chi connectivity index (χ0n) is 19.2. The minimum Gasteiger partial charge on any atom is -0.495 e. The number of fused-ring (bicyclic) bond motifs is 1. The summed E-state index contributed by atoms with van der Waals surface area (Å²) in [5.74, 6) is -0.368. The highest BCUT2D eigenvalue weighted by atomic mass is 32.2. The van der Waals surface area contributed by atoms with E-state index >= 15 is 4.39 Å². The van der Waals surface area contributed by atoms with E-state index in [2.05, 4.69) is 14.4 Å². The maximum Gasteiger partial charge on any atom is 0.263 e. The van der Waals surface area contributed by atoms with Crippen LogP contribution in [0, 0.1) is 17.1 Å². The van der Waals surface area contributed by atoms with Gasteiger partial charge in [-0.3, -0.25) is 14.1 Å². The Bertz CT molecular complexity index is 1840. The number of aromatic nitrogens is 2. The van der Waals surface area contributed by atoms with Crippen LogP contribution in [0.15, 0.2) is 93.3 Å². The molecule has 0 atom stereocenters. The monoisotopic (exact) mass is 516 g/mol. The summed E-state index contributed by atoms with van der Waals surface area (Å²) < 4.78 is 54.6. The van der Waals surface area contributed by atoms with Crippen LogP contribution in [0.5, 0.6) is 5.75 Å². The summed E-state index contributed by atoms with van der Waals surface area (Å²) in [5.41, 5.74) is 1.22. The molecule has 1 N–H and O–H groups in total. The van der Waals surface area contributed by atoms with Crippen molar-refractivity contribution in [2.75, 3.05) is 11.8 Å². The zero-order chi connectivity index (χ0) is 26.2. The lowest BCUT2D eigenvalue weighted by Crippen LogP contribution is -2.19. The van der Waals surface area contributed by atoms with Crippen molar-refractivity contribution in [3.05, 3.63) is 101 Å². The van der Waals surface area contributed by atoms with Gasteiger partial charge in [-0.05, 0) is 48.0 Å². The molecule has 0 radical (unpaired) electrons. The normalized spacial score (nSPS) is 11.3. The number of nitriles is 1. The number of hydrogen-bond acceptors (Lipinski definition) is 7. The van der Waals surface area contributed by atoms with Gasteiger partial charge >= 0.3 is 0 Å². The average molecular weight is 517 g/mol. The fraction of sp³-hybridized carbons (Fsp3) is 0.0385. The molecule has 0 aliphatic carbocycles. The molecule has 0 amide bonds. The molecule has 0 fully saturated rings. The second-order valence-corrected chi connectivity index (χ2v) is 9.59. The number of hydrogen-bond donors (Lipinski definition) is 1. The lowest BCUT2D eigenvalue weighted by Gasteiger charge is -2.16. The number of benzene rings is 3. The summed E-state index contributed by atoms with van der Waals surface area (Å²) in [6.45, 7) is 0. The van der Waals surface area contributed by atoms with E-state index in [1.165, 1.54) is 66.5 Å². The number of ether oxygens (including phenoxy) is 1. The third kappa shape index (κ3) is 4.41. The summed E-state index contributed by atoms with van der Waals surface area (Å²) in [4.78, 5) is 12.9. The number of nitrogens with one attached hydrogen (secondary N) is 1. The Morgan fingerprint density at radius 1 is 1.05 bits per heavy atom. The Morgan fingerprint density at radius 3 is 2.51 bits per heavy atom. The highest BCUT2D eigenvalue weighted by molar-refractivity contribution is 7.92. The number of nitrogens with zero attached hydrogens (tertiary/aromatic N) is 3. The van der Waals surface area contributed by atoms with Crippen molar-refractivity contribution in [2.45, 2.75) is 4.90 Å². The Kier molecular flexibility index (Phi) is 5.95. The maximum atomic E-state index is 15.3. The summed E-state index contributed by atoms with van der Waals surface area (Å²) >= 11 is 0. The van der Waals surface area contributed by atoms with Crippen molar-refractivity contribution < 1.29 is 22.1 Å². The molecule has 37 heavy (non-hydrogen) atoms. The molecule has 2 aromatic heterocycles. The molecule has 11 heteroatoms. The van der Waals surface area contributed by atoms with Gasteiger partial charge in [-0.2, -0.15) is 5.26 Å². The summed E-state index contributed by atoms with van der Waals surface area (Å²) in [7, 11) is -2.59. The lowest BCUT2D eigenvalue weighted by atomic mass is 10.0. The van der Waals surface area contributed by atoms with E-state index in [1.54, 1.807) is 24.3 Å². The van der Waals surface area contributed by atoms with Gasteiger partial charge in [0.05, 0.1) is 34.8 Å². The lowest BCUT2D eigenvalue weighted by molar-refractivity contribution is 0.412. The molecule has 0 aliphatic rings. The van der Waals surface area contributed by atoms with E-state index in [1.807, 2.05) is 6.07 Å². The van der Waals surface area contributed by atoms with Crippen LogP contribution in [0.4, 0.5) is 10.2 Å². The Hall–Kier alpha value is -4.95. The first-order valence-corrected chi connectivity index (χ1v) is 12.3. The van der Waals surface area contributed by atoms with Crippen LogP contribution in [0.2, 0.25) is 0 Å². The molecule has 3 aromatic carbocycles. The van der Waals surface area contributed by atoms with E-state index in [0.717, 1.165) is 0 Å². The second-order valence-electron chi connectivity index (χ2n) is 7.91. The second kappa shape index (κ2) is 9.25. The van der Waals surface area contributed by atoms with Gasteiger partial charge in [-0.25, -0.2) is 12.8 Å². The van der Waals surface area contributed by atoms with Gasteiger partial charge in [0.15, 0.2) is 5.82 Å². The Balaban J connectivity index is 1.63. The third-order valence-corrected chi connectivity index (χ3v) is 7.04. The van der Waals surface area contributed by atoms with Gasteiger partial charge in [0.2, 0.25) is 0 Å². The van der Waals surface area contributed by atoms with Crippen LogP contribution in [0.25, 0.3) is 27.7 Å². The number of halogens is 1. The van der Waals surface area contributed by atoms with Crippen molar-refractivity contribution in [1.29, 1.82) is 5.26 Å². The fourth-order valence-electron chi connectivity index (χ4n) is 3.93. The molecule has 0 saturated carbocycles. The molecule has 5 aromatic rings. The predicted molar refractivity (Wildman–Crippen MR) is 134 cm³/mol. The highest BCUT2D eigenvalue weighted by Crippen LogP contribution is 2.34. The van der Waals surface area contributed by atoms with Crippen LogP contribution in [0.3, 0.4) is 0 Å². The number of methoxy groups -OCH3 is 1. The van der Waals surface area contributed by atoms with Crippen molar-refractivity contribution in [1.82, 2.24) is 9.72 Å². The van der Waals surface area contributed by atoms with Crippen molar-refractivity contribution in [2.24, 2.45) is 0 Å². The van der Waals surface area contributed by atoms with Crippen LogP contribution >= 0.6 is 0 Å². The van der Waals surface area contributed by atoms with E-state index in [0.29, 0.717) is 22.0 Å². The minimum absolute atomic E-state index is 0.0210. The fourth-order valence-corrected chi connectivity index (χ4v) is 4.96. The largest absolute Gasteiger partial charge is 0.495 e. The van der Waals surface area contributed by atoms with E-state index in [4.69, 9.17) is 10.00 Å². The number of anilines is 1. The highest BCUT2D eigenvalue weighted by Gasteiger charge is 2.20. The molecule has 184 valence electrons. The molecule has 0 bridgehead atoms. The molecule has 2 heterocycles. The molecular weight excluding hydrogens is 499 g/mol. The van der Waals surface area contributed by atoms with Gasteiger partial charge in [0.25, 0.3) is 15.6 Å². The van der Waals surface area contributed by atoms with Crippen LogP contribution in [-0.2, 0) is 10.0 Å². The average Bonchev–Trinajstić information content (AvgIpc) is 3.40. The quantitative estimate of drug-likeness (QED) is 0.353. The number of pyridine rings is 1. The SMILES string of the molecule is COc1cc(-c2ccc(C#N)cc2)c(F)cc1-n1c(=O)ccc2cc(S(=O)(=O)Nc3ccon3)ccc21. The first-order chi connectivity index (χ1) is 17.8. The van der Waals surface area contributed by atoms with Crippen LogP contribution in [0.1, 0.15) is 5.56 Å². The van der Waals surface area contributed by atoms with Crippen LogP contribution < -0.4 is 15.0 Å². The predicted octanol–water partition coefficient (Wildman–Crippen LogP) is 4.47. The topological polar surface area (TPSA) is 127 Å². The summed E-state index contributed by atoms with van der Waals surface area (Å²) in [6.07, 6.45) is 1.23. The van der Waals surface area contributed by atoms with Crippen molar-refractivity contribution in [3.8, 4) is 28.6 Å². The Labute approximate surface area is 210 Å². The molecule has 0 aliphatic heterocycles. The number of sulfonamides is 1. The molecule has 0 saturated heterocycles. The van der Waals surface area contributed by atoms with Gasteiger partial charge in [-0.1, -0.05) is 17.3 Å². The van der Waals surface area contributed by atoms with E-state index in [-0.39, 0.29) is 27.7 Å². The zero-order valence-corrected chi connectivity index (χ0v) is 20.0. The number of rotatable bonds is 6. The first-order valence-electron chi connectivity index (χ1n) is 10.8. The van der Waals surface area contributed by atoms with E-state index < -0.39 is 21.4 Å². The first kappa shape index (κ1) is 23.8. The molecular formula is C26H17FN4O5S. The Morgan fingerprint density at radius 2 is 1.84 bits per heavy atom. The summed E-state index contributed by atoms with van der Waals surface area (Å²) in [5, 5.41) is 13.0. The molecule has 9 nitrogen and oxygen atoms in total. The smallest absolute Gasteiger partial charge is 0.263 e. The minimum atomic E-state index is -3.99. The molecule has 0 unspecified atom stereocenters. The van der Waals surface area contributed by atoms with Gasteiger partial charge in [0.1, 0.15) is 17.8 Å². The van der Waals surface area contributed by atoms with Crippen molar-refractivity contribution >= 4 is 26.7 Å². The van der Waals surface area contributed by atoms with Crippen LogP contribution in [-0.4, -0.2) is 25.3 Å². The van der Waals surface area contributed by atoms with E-state index in [9.17, 15) is 13.2 Å². The molecule has 0 spiro atoms. The van der Waals surface area contributed by atoms with Gasteiger partial charge in [0, 0.05) is 29.1 Å². The maximum absolute atomic E-state index is 15.3. The third-order valence-electron chi connectivity index (χ3n) is 5.69. The van der Waals surface area contributed by atoms with Gasteiger partial charge in [-0.15, -0.1) is 0 Å².